The zero-order chi connectivity index (χ0) is 13.2. The molecular formula is C14H10N4O. The second kappa shape index (κ2) is 4.50. The van der Waals surface area contributed by atoms with Crippen LogP contribution < -0.4 is 0 Å². The minimum absolute atomic E-state index is 0.449. The first-order valence-electron chi connectivity index (χ1n) is 5.82. The van der Waals surface area contributed by atoms with Crippen molar-refractivity contribution >= 4 is 11.1 Å². The molecule has 0 aliphatic rings. The standard InChI is InChI=1S/C14H10N4O/c1-9-17-13-7-10(4-5-14(13)19-9)11(8-15)12-3-2-6-16-18-12/h2-7,11H,1H3. The van der Waals surface area contributed by atoms with E-state index in [-0.39, 0.29) is 0 Å². The van der Waals surface area contributed by atoms with Gasteiger partial charge in [-0.3, -0.25) is 0 Å². The monoisotopic (exact) mass is 250 g/mol. The van der Waals surface area contributed by atoms with Crippen molar-refractivity contribution in [3.05, 3.63) is 53.7 Å². The lowest BCUT2D eigenvalue weighted by atomic mass is 9.97. The molecule has 3 rings (SSSR count). The third kappa shape index (κ3) is 2.04. The molecule has 0 saturated carbocycles. The predicted molar refractivity (Wildman–Crippen MR) is 68.2 cm³/mol. The highest BCUT2D eigenvalue weighted by atomic mass is 16.3. The highest BCUT2D eigenvalue weighted by Gasteiger charge is 2.16. The average Bonchev–Trinajstić information content (AvgIpc) is 2.80. The van der Waals surface area contributed by atoms with Gasteiger partial charge in [0.25, 0.3) is 0 Å². The van der Waals surface area contributed by atoms with Gasteiger partial charge in [0.15, 0.2) is 11.5 Å². The number of rotatable bonds is 2. The molecule has 0 fully saturated rings. The Morgan fingerprint density at radius 3 is 2.95 bits per heavy atom. The lowest BCUT2D eigenvalue weighted by Gasteiger charge is -2.07. The van der Waals surface area contributed by atoms with Gasteiger partial charge >= 0.3 is 0 Å². The van der Waals surface area contributed by atoms with Crippen molar-refractivity contribution in [2.75, 3.05) is 0 Å². The summed E-state index contributed by atoms with van der Waals surface area (Å²) in [5, 5.41) is 17.2. The van der Waals surface area contributed by atoms with Crippen molar-refractivity contribution in [1.82, 2.24) is 15.2 Å². The van der Waals surface area contributed by atoms with Crippen molar-refractivity contribution in [3.8, 4) is 6.07 Å². The molecule has 0 amide bonds. The van der Waals surface area contributed by atoms with Crippen molar-refractivity contribution in [2.24, 2.45) is 0 Å². The average molecular weight is 250 g/mol. The van der Waals surface area contributed by atoms with Gasteiger partial charge in [-0.25, -0.2) is 4.98 Å². The molecule has 1 unspecified atom stereocenters. The minimum atomic E-state index is -0.449. The van der Waals surface area contributed by atoms with E-state index in [9.17, 15) is 5.26 Å². The first kappa shape index (κ1) is 11.4. The number of hydrogen-bond acceptors (Lipinski definition) is 5. The van der Waals surface area contributed by atoms with Gasteiger partial charge in [0.1, 0.15) is 11.4 Å². The van der Waals surface area contributed by atoms with Gasteiger partial charge in [0.05, 0.1) is 11.8 Å². The number of hydrogen-bond donors (Lipinski definition) is 0. The molecule has 0 saturated heterocycles. The van der Waals surface area contributed by atoms with Gasteiger partial charge in [-0.1, -0.05) is 6.07 Å². The molecule has 0 bridgehead atoms. The molecule has 0 radical (unpaired) electrons. The first-order valence-corrected chi connectivity index (χ1v) is 5.82. The molecule has 5 heteroatoms. The van der Waals surface area contributed by atoms with Gasteiger partial charge in [0.2, 0.25) is 0 Å². The number of oxazole rings is 1. The summed E-state index contributed by atoms with van der Waals surface area (Å²) < 4.78 is 5.42. The van der Waals surface area contributed by atoms with Crippen LogP contribution in [0.2, 0.25) is 0 Å². The number of aryl methyl sites for hydroxylation is 1. The Morgan fingerprint density at radius 2 is 2.21 bits per heavy atom. The van der Waals surface area contributed by atoms with Crippen molar-refractivity contribution < 1.29 is 4.42 Å². The summed E-state index contributed by atoms with van der Waals surface area (Å²) in [6.45, 7) is 1.80. The number of fused-ring (bicyclic) bond motifs is 1. The molecule has 0 spiro atoms. The quantitative estimate of drug-likeness (QED) is 0.698. The zero-order valence-corrected chi connectivity index (χ0v) is 10.2. The smallest absolute Gasteiger partial charge is 0.192 e. The summed E-state index contributed by atoms with van der Waals surface area (Å²) in [6, 6.07) is 11.3. The molecule has 5 nitrogen and oxygen atoms in total. The molecule has 2 heterocycles. The Labute approximate surface area is 109 Å². The van der Waals surface area contributed by atoms with Gasteiger partial charge in [0, 0.05) is 13.1 Å². The van der Waals surface area contributed by atoms with Crippen molar-refractivity contribution in [1.29, 1.82) is 5.26 Å². The van der Waals surface area contributed by atoms with Crippen LogP contribution in [-0.2, 0) is 0 Å². The molecule has 1 atom stereocenters. The number of nitrogens with zero attached hydrogens (tertiary/aromatic N) is 4. The van der Waals surface area contributed by atoms with E-state index >= 15 is 0 Å². The van der Waals surface area contributed by atoms with Gasteiger partial charge in [-0.05, 0) is 29.8 Å². The van der Waals surface area contributed by atoms with Crippen LogP contribution >= 0.6 is 0 Å². The predicted octanol–water partition coefficient (Wildman–Crippen LogP) is 2.58. The largest absolute Gasteiger partial charge is 0.441 e. The van der Waals surface area contributed by atoms with E-state index in [0.29, 0.717) is 11.6 Å². The lowest BCUT2D eigenvalue weighted by Crippen LogP contribution is -2.01. The maximum Gasteiger partial charge on any atom is 0.192 e. The fraction of sp³-hybridized carbons (Fsp3) is 0.143. The fourth-order valence-electron chi connectivity index (χ4n) is 2.02. The minimum Gasteiger partial charge on any atom is -0.441 e. The van der Waals surface area contributed by atoms with Crippen LogP contribution in [-0.4, -0.2) is 15.2 Å². The topological polar surface area (TPSA) is 75.6 Å². The number of benzene rings is 1. The Hall–Kier alpha value is -2.74. The Balaban J connectivity index is 2.09. The summed E-state index contributed by atoms with van der Waals surface area (Å²) in [5.74, 6) is 0.162. The SMILES string of the molecule is Cc1nc2cc(C(C#N)c3cccnn3)ccc2o1. The van der Waals surface area contributed by atoms with Crippen LogP contribution in [0.1, 0.15) is 23.1 Å². The summed E-state index contributed by atoms with van der Waals surface area (Å²) in [6.07, 6.45) is 1.59. The number of nitriles is 1. The van der Waals surface area contributed by atoms with Crippen LogP contribution in [0.4, 0.5) is 0 Å². The molecule has 2 aromatic heterocycles. The molecule has 0 N–H and O–H groups in total. The highest BCUT2D eigenvalue weighted by Crippen LogP contribution is 2.25. The molecule has 0 aliphatic carbocycles. The molecule has 1 aromatic carbocycles. The van der Waals surface area contributed by atoms with Crippen LogP contribution in [0.3, 0.4) is 0 Å². The third-order valence-corrected chi connectivity index (χ3v) is 2.87. The van der Waals surface area contributed by atoms with Crippen molar-refractivity contribution in [2.45, 2.75) is 12.8 Å². The highest BCUT2D eigenvalue weighted by molar-refractivity contribution is 5.74. The van der Waals surface area contributed by atoms with Crippen LogP contribution in [0.25, 0.3) is 11.1 Å². The van der Waals surface area contributed by atoms with E-state index in [4.69, 9.17) is 4.42 Å². The Morgan fingerprint density at radius 1 is 1.32 bits per heavy atom. The van der Waals surface area contributed by atoms with Gasteiger partial charge in [-0.15, -0.1) is 0 Å². The summed E-state index contributed by atoms with van der Waals surface area (Å²) in [4.78, 5) is 4.27. The molecule has 19 heavy (non-hydrogen) atoms. The Kier molecular flexibility index (Phi) is 2.69. The number of aromatic nitrogens is 3. The van der Waals surface area contributed by atoms with E-state index in [1.807, 2.05) is 18.2 Å². The van der Waals surface area contributed by atoms with E-state index in [2.05, 4.69) is 21.3 Å². The fourth-order valence-corrected chi connectivity index (χ4v) is 2.02. The normalized spacial score (nSPS) is 12.2. The van der Waals surface area contributed by atoms with E-state index in [0.717, 1.165) is 16.7 Å². The van der Waals surface area contributed by atoms with Crippen LogP contribution in [0, 0.1) is 18.3 Å². The third-order valence-electron chi connectivity index (χ3n) is 2.87. The molecular weight excluding hydrogens is 240 g/mol. The lowest BCUT2D eigenvalue weighted by molar-refractivity contribution is 0.561. The molecule has 0 aliphatic heterocycles. The van der Waals surface area contributed by atoms with Crippen LogP contribution in [0.5, 0.6) is 0 Å². The maximum atomic E-state index is 9.35. The van der Waals surface area contributed by atoms with Crippen LogP contribution in [0.15, 0.2) is 40.9 Å². The van der Waals surface area contributed by atoms with E-state index in [1.165, 1.54) is 0 Å². The molecule has 92 valence electrons. The van der Waals surface area contributed by atoms with Gasteiger partial charge in [-0.2, -0.15) is 15.5 Å². The summed E-state index contributed by atoms with van der Waals surface area (Å²) >= 11 is 0. The summed E-state index contributed by atoms with van der Waals surface area (Å²) in [7, 11) is 0. The van der Waals surface area contributed by atoms with Crippen molar-refractivity contribution in [3.63, 3.8) is 0 Å². The van der Waals surface area contributed by atoms with E-state index in [1.54, 1.807) is 25.3 Å². The maximum absolute atomic E-state index is 9.35. The second-order valence-corrected chi connectivity index (χ2v) is 4.17. The summed E-state index contributed by atoms with van der Waals surface area (Å²) in [5.41, 5.74) is 2.93. The zero-order valence-electron chi connectivity index (χ0n) is 10.2. The molecule has 3 aromatic rings. The first-order chi connectivity index (χ1) is 9.28. The Bertz CT molecular complexity index is 758. The second-order valence-electron chi connectivity index (χ2n) is 4.17. The van der Waals surface area contributed by atoms with E-state index < -0.39 is 5.92 Å². The van der Waals surface area contributed by atoms with Gasteiger partial charge < -0.3 is 4.42 Å².